The molecule has 4 heterocycles. The highest BCUT2D eigenvalue weighted by molar-refractivity contribution is 5.91. The summed E-state index contributed by atoms with van der Waals surface area (Å²) in [6.07, 6.45) is 6.40. The van der Waals surface area contributed by atoms with Crippen molar-refractivity contribution in [3.05, 3.63) is 82.2 Å². The average molecular weight is 478 g/mol. The Balaban J connectivity index is 1.45. The fraction of sp³-hybridized carbons (Fsp3) is 0.400. The van der Waals surface area contributed by atoms with Crippen molar-refractivity contribution in [3.63, 3.8) is 0 Å². The van der Waals surface area contributed by atoms with Crippen molar-refractivity contribution in [3.8, 4) is 0 Å². The van der Waals surface area contributed by atoms with Crippen molar-refractivity contribution >= 4 is 5.91 Å². The number of hydrogen-bond acceptors (Lipinski definition) is 7. The number of aliphatic hydroxyl groups excluding tert-OH is 1. The Labute approximate surface area is 202 Å². The van der Waals surface area contributed by atoms with Crippen LogP contribution < -0.4 is 10.7 Å². The zero-order valence-corrected chi connectivity index (χ0v) is 19.3. The van der Waals surface area contributed by atoms with E-state index < -0.39 is 0 Å². The minimum Gasteiger partial charge on any atom is -0.394 e. The molecule has 0 radical (unpaired) electrons. The molecule has 1 aromatic carbocycles. The molecule has 182 valence electrons. The summed E-state index contributed by atoms with van der Waals surface area (Å²) in [7, 11) is 0. The molecule has 1 aliphatic carbocycles. The highest BCUT2D eigenvalue weighted by Gasteiger charge is 2.43. The molecule has 2 unspecified atom stereocenters. The Morgan fingerprint density at radius 3 is 2.77 bits per heavy atom. The Bertz CT molecular complexity index is 1230. The van der Waals surface area contributed by atoms with E-state index in [0.29, 0.717) is 30.6 Å². The molecule has 1 amide bonds. The first-order valence-electron chi connectivity index (χ1n) is 12.1. The lowest BCUT2D eigenvalue weighted by molar-refractivity contribution is -0.115. The molecule has 35 heavy (non-hydrogen) atoms. The van der Waals surface area contributed by atoms with E-state index in [-0.39, 0.29) is 30.0 Å². The van der Waals surface area contributed by atoms with Gasteiger partial charge in [0.15, 0.2) is 0 Å². The molecule has 1 saturated heterocycles. The maximum atomic E-state index is 14.8. The molecule has 10 heteroatoms. The predicted octanol–water partition coefficient (Wildman–Crippen LogP) is 1.65. The third-order valence-electron chi connectivity index (χ3n) is 7.38. The van der Waals surface area contributed by atoms with E-state index in [4.69, 9.17) is 0 Å². The summed E-state index contributed by atoms with van der Waals surface area (Å²) in [5.41, 5.74) is 7.96. The second-order valence-electron chi connectivity index (χ2n) is 9.46. The number of hydrazine groups is 1. The molecule has 3 aliphatic heterocycles. The second kappa shape index (κ2) is 9.03. The van der Waals surface area contributed by atoms with Crippen LogP contribution in [0.5, 0.6) is 0 Å². The second-order valence-corrected chi connectivity index (χ2v) is 9.46. The number of allylic oxidation sites excluding steroid dienone is 1. The molecule has 2 atom stereocenters. The predicted molar refractivity (Wildman–Crippen MR) is 126 cm³/mol. The fourth-order valence-electron chi connectivity index (χ4n) is 5.58. The minimum atomic E-state index is -0.387. The van der Waals surface area contributed by atoms with E-state index in [2.05, 4.69) is 50.0 Å². The molecule has 6 rings (SSSR count). The van der Waals surface area contributed by atoms with Gasteiger partial charge in [-0.15, -0.1) is 5.23 Å². The van der Waals surface area contributed by atoms with E-state index >= 15 is 0 Å². The van der Waals surface area contributed by atoms with Crippen LogP contribution in [0.3, 0.4) is 0 Å². The Kier molecular flexibility index (Phi) is 5.71. The Hall–Kier alpha value is -3.34. The van der Waals surface area contributed by atoms with Crippen LogP contribution in [0.15, 0.2) is 65.3 Å². The zero-order chi connectivity index (χ0) is 23.9. The van der Waals surface area contributed by atoms with Crippen molar-refractivity contribution in [1.29, 1.82) is 0 Å². The van der Waals surface area contributed by atoms with Gasteiger partial charge in [-0.1, -0.05) is 28.7 Å². The lowest BCUT2D eigenvalue weighted by atomic mass is 9.68. The third kappa shape index (κ3) is 3.97. The monoisotopic (exact) mass is 477 g/mol. The number of benzene rings is 1. The van der Waals surface area contributed by atoms with E-state index in [1.54, 1.807) is 10.9 Å². The average Bonchev–Trinajstić information content (AvgIpc) is 3.21. The number of hydrogen-bond donors (Lipinski definition) is 3. The number of carbonyl (C=O) groups is 1. The van der Waals surface area contributed by atoms with Gasteiger partial charge < -0.3 is 10.4 Å². The van der Waals surface area contributed by atoms with Gasteiger partial charge >= 0.3 is 0 Å². The summed E-state index contributed by atoms with van der Waals surface area (Å²) in [5, 5.41) is 17.2. The molecule has 9 nitrogen and oxygen atoms in total. The Morgan fingerprint density at radius 2 is 2.03 bits per heavy atom. The SMILES string of the molecule is O=C1C=C2C3=C(CNN2F)CC(c2ccc(CN4CCC4)cc2)C(c2ncnn2CCO)C3=CN1. The van der Waals surface area contributed by atoms with Crippen molar-refractivity contribution < 1.29 is 14.4 Å². The van der Waals surface area contributed by atoms with E-state index in [9.17, 15) is 14.4 Å². The number of carbonyl (C=O) groups excluding carboxylic acids is 1. The first-order chi connectivity index (χ1) is 17.1. The van der Waals surface area contributed by atoms with Crippen molar-refractivity contribution in [2.75, 3.05) is 26.2 Å². The molecule has 0 bridgehead atoms. The molecule has 1 aromatic heterocycles. The number of rotatable bonds is 6. The molecular formula is C25H28FN7O2. The van der Waals surface area contributed by atoms with E-state index in [1.807, 2.05) is 0 Å². The van der Waals surface area contributed by atoms with Gasteiger partial charge in [0, 0.05) is 36.9 Å². The first kappa shape index (κ1) is 22.1. The molecule has 0 spiro atoms. The highest BCUT2D eigenvalue weighted by Crippen LogP contribution is 2.52. The topological polar surface area (TPSA) is 98.6 Å². The smallest absolute Gasteiger partial charge is 0.250 e. The highest BCUT2D eigenvalue weighted by atomic mass is 19.2. The van der Waals surface area contributed by atoms with Gasteiger partial charge in [-0.2, -0.15) is 5.10 Å². The maximum absolute atomic E-state index is 14.8. The van der Waals surface area contributed by atoms with Crippen LogP contribution in [0.1, 0.15) is 41.6 Å². The Morgan fingerprint density at radius 1 is 1.20 bits per heavy atom. The number of halogens is 1. The third-order valence-corrected chi connectivity index (χ3v) is 7.38. The van der Waals surface area contributed by atoms with Crippen LogP contribution in [-0.4, -0.2) is 62.2 Å². The standard InChI is InChI=1S/C25H28FN7O2/c26-33-21-11-22(35)27-13-20-23(21)18(12-29-33)10-19(24(20)25-28-15-30-32(25)8-9-34)17-4-2-16(3-5-17)14-31-6-1-7-31/h2-5,11,13,15,19,24,29,34H,1,6-10,12,14H2,(H,27,35). The normalized spacial score (nSPS) is 24.3. The maximum Gasteiger partial charge on any atom is 0.250 e. The van der Waals surface area contributed by atoms with Gasteiger partial charge in [-0.3, -0.25) is 9.69 Å². The van der Waals surface area contributed by atoms with Gasteiger partial charge in [0.05, 0.1) is 19.1 Å². The summed E-state index contributed by atoms with van der Waals surface area (Å²) in [6.45, 7) is 3.84. The van der Waals surface area contributed by atoms with Crippen LogP contribution in [0, 0.1) is 0 Å². The van der Waals surface area contributed by atoms with Gasteiger partial charge in [0.1, 0.15) is 17.8 Å². The minimum absolute atomic E-state index is 0.00363. The molecule has 4 aliphatic rings. The molecule has 3 N–H and O–H groups in total. The number of nitrogens with zero attached hydrogens (tertiary/aromatic N) is 5. The number of aromatic nitrogens is 3. The van der Waals surface area contributed by atoms with E-state index in [0.717, 1.165) is 41.9 Å². The van der Waals surface area contributed by atoms with Crippen LogP contribution >= 0.6 is 0 Å². The zero-order valence-electron chi connectivity index (χ0n) is 19.3. The van der Waals surface area contributed by atoms with Gasteiger partial charge in [-0.25, -0.2) is 15.1 Å². The fourth-order valence-corrected chi connectivity index (χ4v) is 5.58. The summed E-state index contributed by atoms with van der Waals surface area (Å²) in [4.78, 5) is 19.4. The quantitative estimate of drug-likeness (QED) is 0.544. The lowest BCUT2D eigenvalue weighted by Crippen LogP contribution is -2.41. The lowest BCUT2D eigenvalue weighted by Gasteiger charge is -2.40. The summed E-state index contributed by atoms with van der Waals surface area (Å²) in [5.74, 6) is 0.0229. The van der Waals surface area contributed by atoms with E-state index in [1.165, 1.54) is 24.4 Å². The number of likely N-dealkylation sites (tertiary alicyclic amines) is 1. The molecular weight excluding hydrogens is 449 g/mol. The molecule has 0 saturated carbocycles. The van der Waals surface area contributed by atoms with Crippen molar-refractivity contribution in [1.82, 2.24) is 35.6 Å². The van der Waals surface area contributed by atoms with Crippen LogP contribution in [0.4, 0.5) is 4.48 Å². The summed E-state index contributed by atoms with van der Waals surface area (Å²) >= 11 is 0. The molecule has 2 aromatic rings. The van der Waals surface area contributed by atoms with Gasteiger partial charge in [0.2, 0.25) is 5.91 Å². The van der Waals surface area contributed by atoms with Crippen molar-refractivity contribution in [2.24, 2.45) is 0 Å². The van der Waals surface area contributed by atoms with Crippen molar-refractivity contribution in [2.45, 2.75) is 37.8 Å². The van der Waals surface area contributed by atoms with Crippen LogP contribution in [0.25, 0.3) is 0 Å². The van der Waals surface area contributed by atoms with Gasteiger partial charge in [-0.05, 0) is 48.2 Å². The summed E-state index contributed by atoms with van der Waals surface area (Å²) < 4.78 is 16.5. The first-order valence-corrected chi connectivity index (χ1v) is 12.1. The van der Waals surface area contributed by atoms with Crippen LogP contribution in [0.2, 0.25) is 0 Å². The molecule has 1 fully saturated rings. The summed E-state index contributed by atoms with van der Waals surface area (Å²) in [6, 6.07) is 8.72. The number of amides is 1. The largest absolute Gasteiger partial charge is 0.394 e. The number of aliphatic hydroxyl groups is 1. The number of nitrogens with one attached hydrogen (secondary N) is 2. The van der Waals surface area contributed by atoms with Gasteiger partial charge in [0.25, 0.3) is 0 Å². The van der Waals surface area contributed by atoms with Crippen LogP contribution in [-0.2, 0) is 17.9 Å².